The summed E-state index contributed by atoms with van der Waals surface area (Å²) < 4.78 is 56.4. The van der Waals surface area contributed by atoms with E-state index in [0.29, 0.717) is 28.6 Å². The van der Waals surface area contributed by atoms with Gasteiger partial charge in [-0.1, -0.05) is 6.08 Å². The minimum Gasteiger partial charge on any atom is -0.386 e. The number of nitrogens with zero attached hydrogens (tertiary/aromatic N) is 5. The van der Waals surface area contributed by atoms with Crippen molar-refractivity contribution in [1.29, 1.82) is 0 Å². The molecular weight excluding hydrogens is 589 g/mol. The van der Waals surface area contributed by atoms with Crippen LogP contribution in [-0.2, 0) is 20.3 Å². The molecule has 0 aliphatic carbocycles. The summed E-state index contributed by atoms with van der Waals surface area (Å²) in [5.74, 6) is -1.29. The van der Waals surface area contributed by atoms with Gasteiger partial charge in [-0.05, 0) is 66.5 Å². The Balaban J connectivity index is 1.83. The number of rotatable bonds is 9. The number of hydrogen-bond acceptors (Lipinski definition) is 8. The van der Waals surface area contributed by atoms with Gasteiger partial charge < -0.3 is 24.6 Å². The molecule has 10 nitrogen and oxygen atoms in total. The van der Waals surface area contributed by atoms with Gasteiger partial charge in [0.25, 0.3) is 0 Å². The van der Waals surface area contributed by atoms with Crippen LogP contribution in [0.15, 0.2) is 23.3 Å². The van der Waals surface area contributed by atoms with Crippen molar-refractivity contribution in [2.75, 3.05) is 43.9 Å². The SMILES string of the molecule is C/C=C(\C=NC(C)C)c1cn(COP(=O)(O)OC(C)(C)C)c2nc3c(NC)cc(F)c(F)c3c-2c1N1CC[C@@H]2CN(C)C[C@@H]21. The molecule has 0 spiro atoms. The van der Waals surface area contributed by atoms with E-state index >= 15 is 8.78 Å². The quantitative estimate of drug-likeness (QED) is 0.207. The summed E-state index contributed by atoms with van der Waals surface area (Å²) in [4.78, 5) is 24.6. The first kappa shape index (κ1) is 32.5. The molecule has 0 bridgehead atoms. The number of anilines is 2. The van der Waals surface area contributed by atoms with E-state index in [1.807, 2.05) is 26.8 Å². The van der Waals surface area contributed by atoms with Gasteiger partial charge in [-0.3, -0.25) is 14.0 Å². The molecule has 44 heavy (non-hydrogen) atoms. The summed E-state index contributed by atoms with van der Waals surface area (Å²) in [5, 5.41) is 2.99. The summed E-state index contributed by atoms with van der Waals surface area (Å²) in [5.41, 5.74) is 2.24. The van der Waals surface area contributed by atoms with E-state index in [0.717, 1.165) is 43.4 Å². The molecule has 3 atom stereocenters. The zero-order valence-electron chi connectivity index (χ0n) is 26.7. The summed E-state index contributed by atoms with van der Waals surface area (Å²) in [6, 6.07) is 1.28. The fraction of sp³-hybridized carbons (Fsp3) is 0.548. The Morgan fingerprint density at radius 2 is 2.05 bits per heavy atom. The molecule has 13 heteroatoms. The molecule has 1 unspecified atom stereocenters. The molecule has 0 amide bonds. The molecule has 4 aliphatic heterocycles. The van der Waals surface area contributed by atoms with Gasteiger partial charge in [0, 0.05) is 62.8 Å². The lowest BCUT2D eigenvalue weighted by atomic mass is 9.97. The monoisotopic (exact) mass is 632 g/mol. The minimum absolute atomic E-state index is 0.0215. The zero-order chi connectivity index (χ0) is 32.1. The van der Waals surface area contributed by atoms with Gasteiger partial charge in [0.1, 0.15) is 12.6 Å². The van der Waals surface area contributed by atoms with Crippen LogP contribution in [0.3, 0.4) is 0 Å². The van der Waals surface area contributed by atoms with Crippen molar-refractivity contribution in [2.45, 2.75) is 72.4 Å². The molecule has 0 radical (unpaired) electrons. The van der Waals surface area contributed by atoms with E-state index in [-0.39, 0.29) is 23.0 Å². The number of pyridine rings is 1. The predicted octanol–water partition coefficient (Wildman–Crippen LogP) is 6.37. The first-order chi connectivity index (χ1) is 20.6. The van der Waals surface area contributed by atoms with Gasteiger partial charge >= 0.3 is 7.82 Å². The minimum atomic E-state index is -4.50. The Kier molecular flexibility index (Phi) is 8.96. The second kappa shape index (κ2) is 12.1. The van der Waals surface area contributed by atoms with Crippen LogP contribution in [0.4, 0.5) is 20.2 Å². The number of nitrogens with one attached hydrogen (secondary N) is 1. The largest absolute Gasteiger partial charge is 0.474 e. The van der Waals surface area contributed by atoms with Gasteiger partial charge in [-0.25, -0.2) is 18.3 Å². The maximum atomic E-state index is 16.0. The van der Waals surface area contributed by atoms with Crippen LogP contribution in [0.5, 0.6) is 0 Å². The van der Waals surface area contributed by atoms with Crippen LogP contribution in [0.1, 0.15) is 53.5 Å². The van der Waals surface area contributed by atoms with Crippen LogP contribution in [0.2, 0.25) is 0 Å². The first-order valence-corrected chi connectivity index (χ1v) is 16.5. The average Bonchev–Trinajstić information content (AvgIpc) is 3.61. The van der Waals surface area contributed by atoms with Crippen LogP contribution in [0.25, 0.3) is 27.9 Å². The van der Waals surface area contributed by atoms with Gasteiger partial charge in [0.2, 0.25) is 0 Å². The van der Waals surface area contributed by atoms with Gasteiger partial charge in [0.05, 0.1) is 33.4 Å². The lowest BCUT2D eigenvalue weighted by molar-refractivity contribution is 0.0487. The zero-order valence-corrected chi connectivity index (χ0v) is 27.6. The van der Waals surface area contributed by atoms with Crippen LogP contribution < -0.4 is 10.2 Å². The lowest BCUT2D eigenvalue weighted by Gasteiger charge is -2.32. The molecule has 1 aromatic rings. The van der Waals surface area contributed by atoms with Gasteiger partial charge in [-0.15, -0.1) is 0 Å². The van der Waals surface area contributed by atoms with E-state index in [9.17, 15) is 9.46 Å². The Morgan fingerprint density at radius 1 is 1.32 bits per heavy atom. The van der Waals surface area contributed by atoms with Crippen molar-refractivity contribution in [2.24, 2.45) is 10.9 Å². The van der Waals surface area contributed by atoms with Crippen molar-refractivity contribution >= 4 is 41.9 Å². The highest BCUT2D eigenvalue weighted by Gasteiger charge is 2.43. The topological polar surface area (TPSA) is 104 Å². The third-order valence-electron chi connectivity index (χ3n) is 8.10. The van der Waals surface area contributed by atoms with Crippen molar-refractivity contribution in [1.82, 2.24) is 14.5 Å². The number of phosphoric ester groups is 1. The third-order valence-corrected chi connectivity index (χ3v) is 9.32. The first-order valence-electron chi connectivity index (χ1n) is 15.0. The van der Waals surface area contributed by atoms with Crippen molar-refractivity contribution in [3.05, 3.63) is 35.5 Å². The van der Waals surface area contributed by atoms with E-state index in [4.69, 9.17) is 14.0 Å². The van der Waals surface area contributed by atoms with E-state index in [1.165, 1.54) is 0 Å². The number of allylic oxidation sites excluding steroid dienone is 2. The van der Waals surface area contributed by atoms with Crippen LogP contribution in [-0.4, -0.2) is 77.0 Å². The Hall–Kier alpha value is -2.89. The second-order valence-electron chi connectivity index (χ2n) is 12.9. The number of likely N-dealkylation sites (N-methyl/N-ethyl adjacent to an activating group) is 1. The number of halogens is 2. The third kappa shape index (κ3) is 6.28. The molecule has 2 fully saturated rings. The number of fused-ring (bicyclic) bond motifs is 4. The summed E-state index contributed by atoms with van der Waals surface area (Å²) in [6.45, 7) is 12.9. The molecule has 4 aliphatic rings. The Morgan fingerprint density at radius 3 is 2.68 bits per heavy atom. The maximum Gasteiger partial charge on any atom is 0.474 e. The predicted molar refractivity (Wildman–Crippen MR) is 172 cm³/mol. The number of hydrogen-bond donors (Lipinski definition) is 2. The Labute approximate surface area is 257 Å². The highest BCUT2D eigenvalue weighted by atomic mass is 31.2. The molecule has 1 aromatic carbocycles. The van der Waals surface area contributed by atoms with Crippen molar-refractivity contribution in [3.8, 4) is 11.4 Å². The maximum absolute atomic E-state index is 16.0. The van der Waals surface area contributed by atoms with Gasteiger partial charge in [-0.2, -0.15) is 0 Å². The van der Waals surface area contributed by atoms with Crippen LogP contribution >= 0.6 is 7.82 Å². The lowest BCUT2D eigenvalue weighted by Crippen LogP contribution is -2.36. The van der Waals surface area contributed by atoms with Crippen molar-refractivity contribution < 1.29 is 27.3 Å². The number of aromatic nitrogens is 2. The summed E-state index contributed by atoms with van der Waals surface area (Å²) in [6.07, 6.45) is 6.45. The van der Waals surface area contributed by atoms with Gasteiger partial charge in [0.15, 0.2) is 11.6 Å². The molecular formula is C31H43F2N6O4P. The molecule has 0 saturated carbocycles. The fourth-order valence-electron chi connectivity index (χ4n) is 6.36. The molecule has 5 rings (SSSR count). The van der Waals surface area contributed by atoms with Crippen molar-refractivity contribution in [3.63, 3.8) is 0 Å². The highest BCUT2D eigenvalue weighted by Crippen LogP contribution is 2.51. The summed E-state index contributed by atoms with van der Waals surface area (Å²) in [7, 11) is -0.783. The second-order valence-corrected chi connectivity index (χ2v) is 14.3. The number of benzene rings is 1. The average molecular weight is 633 g/mol. The molecule has 2 N–H and O–H groups in total. The number of phosphoric acid groups is 1. The molecule has 2 saturated heterocycles. The fourth-order valence-corrected chi connectivity index (χ4v) is 7.38. The normalized spacial score (nSPS) is 21.4. The van der Waals surface area contributed by atoms with Crippen LogP contribution in [0, 0.1) is 17.6 Å². The number of likely N-dealkylation sites (tertiary alicyclic amines) is 1. The molecule has 0 aromatic heterocycles. The summed E-state index contributed by atoms with van der Waals surface area (Å²) >= 11 is 0. The van der Waals surface area contributed by atoms with E-state index in [2.05, 4.69) is 27.2 Å². The number of aliphatic imine (C=N–C) groups is 1. The standard InChI is InChI=1S/C31H43F2N6O4P/c1-9-19(13-35-18(2)3)21-15-38(17-42-44(40,41)43-31(4,5)6)30-26(25-27(33)22(32)12-23(34-7)28(25)36-30)29(21)39-11-10-20-14-37(8)16-24(20)39/h9,12-13,15,18,20,24,34H,10-11,14,16-17H2,1-8H3,(H,40,41)/b19-9+,35-13?/t20-,24+/m1/s1. The molecule has 4 heterocycles. The van der Waals surface area contributed by atoms with E-state index < -0.39 is 31.8 Å². The smallest absolute Gasteiger partial charge is 0.386 e. The highest BCUT2D eigenvalue weighted by molar-refractivity contribution is 7.47. The van der Waals surface area contributed by atoms with E-state index in [1.54, 1.807) is 44.8 Å². The molecule has 240 valence electrons. The Bertz CT molecular complexity index is 1630.